The summed E-state index contributed by atoms with van der Waals surface area (Å²) in [5, 5.41) is 9.92. The van der Waals surface area contributed by atoms with E-state index in [-0.39, 0.29) is 5.91 Å². The van der Waals surface area contributed by atoms with Crippen LogP contribution in [0.15, 0.2) is 0 Å². The van der Waals surface area contributed by atoms with Crippen LogP contribution in [0.25, 0.3) is 0 Å². The maximum atomic E-state index is 12.1. The number of likely N-dealkylation sites (tertiary alicyclic amines) is 1. The molecule has 0 aromatic carbocycles. The maximum absolute atomic E-state index is 12.1. The molecule has 3 N–H and O–H groups in total. The Kier molecular flexibility index (Phi) is 2.51. The van der Waals surface area contributed by atoms with E-state index in [2.05, 4.69) is 0 Å². The Morgan fingerprint density at radius 3 is 2.47 bits per heavy atom. The van der Waals surface area contributed by atoms with Crippen LogP contribution in [0.1, 0.15) is 39.0 Å². The second-order valence-electron chi connectivity index (χ2n) is 5.34. The zero-order valence-corrected chi connectivity index (χ0v) is 9.33. The molecule has 0 aromatic rings. The van der Waals surface area contributed by atoms with Gasteiger partial charge in [-0.25, -0.2) is 0 Å². The number of piperidine rings is 1. The van der Waals surface area contributed by atoms with Gasteiger partial charge in [0.2, 0.25) is 5.91 Å². The highest BCUT2D eigenvalue weighted by atomic mass is 16.3. The molecule has 2 rings (SSSR count). The van der Waals surface area contributed by atoms with E-state index in [1.54, 1.807) is 11.8 Å². The normalized spacial score (nSPS) is 34.7. The molecular weight excluding hydrogens is 192 g/mol. The van der Waals surface area contributed by atoms with Gasteiger partial charge in [-0.3, -0.25) is 4.79 Å². The Morgan fingerprint density at radius 1 is 1.33 bits per heavy atom. The summed E-state index contributed by atoms with van der Waals surface area (Å²) in [5.74, 6) is 0.0359. The second-order valence-corrected chi connectivity index (χ2v) is 5.34. The van der Waals surface area contributed by atoms with Gasteiger partial charge in [0.25, 0.3) is 0 Å². The first-order valence-electron chi connectivity index (χ1n) is 5.74. The zero-order valence-electron chi connectivity index (χ0n) is 9.33. The van der Waals surface area contributed by atoms with Crippen LogP contribution in [0.2, 0.25) is 0 Å². The topological polar surface area (TPSA) is 66.6 Å². The largest absolute Gasteiger partial charge is 0.388 e. The molecule has 1 unspecified atom stereocenters. The van der Waals surface area contributed by atoms with Crippen molar-refractivity contribution in [3.63, 3.8) is 0 Å². The molecule has 15 heavy (non-hydrogen) atoms. The van der Waals surface area contributed by atoms with Crippen molar-refractivity contribution in [1.82, 2.24) is 4.90 Å². The molecule has 1 saturated heterocycles. The van der Waals surface area contributed by atoms with Crippen molar-refractivity contribution in [2.24, 2.45) is 5.73 Å². The molecular formula is C11H20N2O2. The molecule has 1 aliphatic heterocycles. The molecule has 2 fully saturated rings. The van der Waals surface area contributed by atoms with Gasteiger partial charge < -0.3 is 15.7 Å². The molecule has 0 bridgehead atoms. The first-order valence-corrected chi connectivity index (χ1v) is 5.74. The van der Waals surface area contributed by atoms with E-state index in [4.69, 9.17) is 5.73 Å². The monoisotopic (exact) mass is 212 g/mol. The van der Waals surface area contributed by atoms with Gasteiger partial charge in [0.05, 0.1) is 11.1 Å². The average Bonchev–Trinajstić information content (AvgIpc) is 2.11. The fourth-order valence-electron chi connectivity index (χ4n) is 2.48. The summed E-state index contributed by atoms with van der Waals surface area (Å²) in [5.41, 5.74) is 4.65. The fraction of sp³-hybridized carbons (Fsp3) is 0.909. The predicted octanol–water partition coefficient (Wildman–Crippen LogP) is 0.241. The van der Waals surface area contributed by atoms with Gasteiger partial charge >= 0.3 is 0 Å². The van der Waals surface area contributed by atoms with E-state index in [0.717, 1.165) is 38.6 Å². The SMILES string of the molecule is CC1(O)CCCN(C(=O)C2(N)CCC2)C1. The van der Waals surface area contributed by atoms with E-state index in [9.17, 15) is 9.90 Å². The molecule has 1 atom stereocenters. The van der Waals surface area contributed by atoms with Gasteiger partial charge in [-0.2, -0.15) is 0 Å². The number of nitrogens with zero attached hydrogens (tertiary/aromatic N) is 1. The molecule has 86 valence electrons. The number of hydrogen-bond acceptors (Lipinski definition) is 3. The van der Waals surface area contributed by atoms with Crippen molar-refractivity contribution in [2.75, 3.05) is 13.1 Å². The molecule has 1 amide bonds. The van der Waals surface area contributed by atoms with Crippen LogP contribution in [-0.4, -0.2) is 40.1 Å². The minimum atomic E-state index is -0.728. The van der Waals surface area contributed by atoms with Gasteiger partial charge in [-0.05, 0) is 39.0 Å². The molecule has 2 aliphatic rings. The fourth-order valence-corrected chi connectivity index (χ4v) is 2.48. The number of aliphatic hydroxyl groups is 1. The zero-order chi connectivity index (χ0) is 11.1. The average molecular weight is 212 g/mol. The third kappa shape index (κ3) is 2.01. The molecule has 4 heteroatoms. The van der Waals surface area contributed by atoms with Crippen LogP contribution in [-0.2, 0) is 4.79 Å². The predicted molar refractivity (Wildman–Crippen MR) is 57.2 cm³/mol. The molecule has 0 aromatic heterocycles. The van der Waals surface area contributed by atoms with Crippen molar-refractivity contribution < 1.29 is 9.90 Å². The lowest BCUT2D eigenvalue weighted by atomic mass is 9.76. The van der Waals surface area contributed by atoms with Crippen molar-refractivity contribution in [3.8, 4) is 0 Å². The van der Waals surface area contributed by atoms with Crippen molar-refractivity contribution in [3.05, 3.63) is 0 Å². The summed E-state index contributed by atoms with van der Waals surface area (Å²) >= 11 is 0. The number of carbonyl (C=O) groups excluding carboxylic acids is 1. The molecule has 1 aliphatic carbocycles. The lowest BCUT2D eigenvalue weighted by Crippen LogP contribution is -2.62. The molecule has 0 spiro atoms. The van der Waals surface area contributed by atoms with Gasteiger partial charge in [-0.1, -0.05) is 0 Å². The highest BCUT2D eigenvalue weighted by molar-refractivity contribution is 5.87. The number of rotatable bonds is 1. The molecule has 1 saturated carbocycles. The third-order valence-corrected chi connectivity index (χ3v) is 3.63. The summed E-state index contributed by atoms with van der Waals surface area (Å²) < 4.78 is 0. The van der Waals surface area contributed by atoms with E-state index < -0.39 is 11.1 Å². The number of nitrogens with two attached hydrogens (primary N) is 1. The minimum Gasteiger partial charge on any atom is -0.388 e. The highest BCUT2D eigenvalue weighted by Gasteiger charge is 2.44. The van der Waals surface area contributed by atoms with Gasteiger partial charge in [0.15, 0.2) is 0 Å². The number of carbonyl (C=O) groups is 1. The summed E-state index contributed by atoms with van der Waals surface area (Å²) in [6.07, 6.45) is 4.28. The number of amides is 1. The summed E-state index contributed by atoms with van der Waals surface area (Å²) in [6, 6.07) is 0. The summed E-state index contributed by atoms with van der Waals surface area (Å²) in [4.78, 5) is 13.8. The molecule has 4 nitrogen and oxygen atoms in total. The maximum Gasteiger partial charge on any atom is 0.242 e. The highest BCUT2D eigenvalue weighted by Crippen LogP contribution is 2.32. The Morgan fingerprint density at radius 2 is 2.00 bits per heavy atom. The van der Waals surface area contributed by atoms with Crippen molar-refractivity contribution in [1.29, 1.82) is 0 Å². The van der Waals surface area contributed by atoms with E-state index in [1.807, 2.05) is 0 Å². The van der Waals surface area contributed by atoms with Crippen LogP contribution in [0, 0.1) is 0 Å². The lowest BCUT2D eigenvalue weighted by Gasteiger charge is -2.44. The van der Waals surface area contributed by atoms with Crippen LogP contribution >= 0.6 is 0 Å². The lowest BCUT2D eigenvalue weighted by molar-refractivity contribution is -0.146. The quantitative estimate of drug-likeness (QED) is 0.654. The Balaban J connectivity index is 2.01. The van der Waals surface area contributed by atoms with Gasteiger partial charge in [0, 0.05) is 13.1 Å². The Bertz CT molecular complexity index is 272. The van der Waals surface area contributed by atoms with Crippen LogP contribution < -0.4 is 5.73 Å². The molecule has 1 heterocycles. The Hall–Kier alpha value is -0.610. The second kappa shape index (κ2) is 3.46. The third-order valence-electron chi connectivity index (χ3n) is 3.63. The van der Waals surface area contributed by atoms with Crippen molar-refractivity contribution in [2.45, 2.75) is 50.2 Å². The first kappa shape index (κ1) is 10.9. The smallest absolute Gasteiger partial charge is 0.242 e. The number of β-amino-alcohol motifs (C(OH)–C–C–N with tert-alkyl or cyclic N) is 1. The summed E-state index contributed by atoms with van der Waals surface area (Å²) in [6.45, 7) is 2.97. The number of hydrogen-bond donors (Lipinski definition) is 2. The minimum absolute atomic E-state index is 0.0359. The summed E-state index contributed by atoms with van der Waals surface area (Å²) in [7, 11) is 0. The standard InChI is InChI=1S/C11H20N2O2/c1-10(15)4-3-7-13(8-10)9(14)11(12)5-2-6-11/h15H,2-8,12H2,1H3. The van der Waals surface area contributed by atoms with E-state index in [0.29, 0.717) is 6.54 Å². The van der Waals surface area contributed by atoms with E-state index >= 15 is 0 Å². The first-order chi connectivity index (χ1) is 6.93. The van der Waals surface area contributed by atoms with Crippen molar-refractivity contribution >= 4 is 5.91 Å². The Labute approximate surface area is 90.4 Å². The van der Waals surface area contributed by atoms with E-state index in [1.165, 1.54) is 0 Å². The van der Waals surface area contributed by atoms with Gasteiger partial charge in [0.1, 0.15) is 0 Å². The van der Waals surface area contributed by atoms with Crippen LogP contribution in [0.3, 0.4) is 0 Å². The molecule has 0 radical (unpaired) electrons. The van der Waals surface area contributed by atoms with Crippen LogP contribution in [0.4, 0.5) is 0 Å². The van der Waals surface area contributed by atoms with Gasteiger partial charge in [-0.15, -0.1) is 0 Å². The van der Waals surface area contributed by atoms with Crippen LogP contribution in [0.5, 0.6) is 0 Å².